The average Bonchev–Trinajstić information content (AvgIpc) is 2.85. The standard InChI is InChI=1S/C11H10F2N2O4/c12-11(13)15-2-1-14-10(15)6-19-9-5-18-7(4-16)3-8(9)17/h1-3,5,11,16H,4,6H2. The van der Waals surface area contributed by atoms with E-state index in [-0.39, 0.29) is 23.9 Å². The molecule has 0 aliphatic carbocycles. The van der Waals surface area contributed by atoms with Crippen LogP contribution < -0.4 is 10.2 Å². The molecule has 102 valence electrons. The Morgan fingerprint density at radius 3 is 2.95 bits per heavy atom. The van der Waals surface area contributed by atoms with E-state index in [2.05, 4.69) is 4.98 Å². The molecule has 0 saturated carbocycles. The van der Waals surface area contributed by atoms with Crippen molar-refractivity contribution in [3.63, 3.8) is 0 Å². The number of halogens is 2. The van der Waals surface area contributed by atoms with E-state index in [1.54, 1.807) is 0 Å². The number of hydrogen-bond acceptors (Lipinski definition) is 5. The summed E-state index contributed by atoms with van der Waals surface area (Å²) in [5, 5.41) is 8.76. The number of ether oxygens (including phenoxy) is 1. The zero-order valence-electron chi connectivity index (χ0n) is 9.62. The fraction of sp³-hybridized carbons (Fsp3) is 0.273. The van der Waals surface area contributed by atoms with Gasteiger partial charge in [0.25, 0.3) is 0 Å². The molecule has 0 radical (unpaired) electrons. The molecule has 0 unspecified atom stereocenters. The molecule has 0 amide bonds. The molecule has 0 saturated heterocycles. The molecule has 0 bridgehead atoms. The molecule has 19 heavy (non-hydrogen) atoms. The predicted molar refractivity (Wildman–Crippen MR) is 58.7 cm³/mol. The van der Waals surface area contributed by atoms with Gasteiger partial charge in [-0.2, -0.15) is 8.78 Å². The molecule has 2 aromatic rings. The maximum Gasteiger partial charge on any atom is 0.320 e. The monoisotopic (exact) mass is 272 g/mol. The largest absolute Gasteiger partial charge is 0.479 e. The Hall–Kier alpha value is -2.22. The Labute approximate surface area is 105 Å². The summed E-state index contributed by atoms with van der Waals surface area (Å²) in [5.41, 5.74) is -0.509. The van der Waals surface area contributed by atoms with Gasteiger partial charge in [0.2, 0.25) is 11.2 Å². The number of nitrogens with zero attached hydrogens (tertiary/aromatic N) is 2. The number of aliphatic hydroxyl groups excluding tert-OH is 1. The van der Waals surface area contributed by atoms with Crippen molar-refractivity contribution in [2.45, 2.75) is 19.8 Å². The molecule has 2 aromatic heterocycles. The van der Waals surface area contributed by atoms with Gasteiger partial charge in [0.05, 0.1) is 0 Å². The van der Waals surface area contributed by atoms with Crippen LogP contribution in [0.25, 0.3) is 0 Å². The van der Waals surface area contributed by atoms with E-state index in [4.69, 9.17) is 14.3 Å². The van der Waals surface area contributed by atoms with Crippen LogP contribution in [0.15, 0.2) is 33.9 Å². The molecule has 8 heteroatoms. The highest BCUT2D eigenvalue weighted by atomic mass is 19.3. The number of imidazole rings is 1. The van der Waals surface area contributed by atoms with E-state index >= 15 is 0 Å². The Morgan fingerprint density at radius 2 is 2.32 bits per heavy atom. The maximum atomic E-state index is 12.5. The molecule has 2 rings (SSSR count). The predicted octanol–water partition coefficient (Wildman–Crippen LogP) is 1.30. The highest BCUT2D eigenvalue weighted by molar-refractivity contribution is 5.17. The van der Waals surface area contributed by atoms with E-state index < -0.39 is 18.6 Å². The topological polar surface area (TPSA) is 77.5 Å². The van der Waals surface area contributed by atoms with Crippen molar-refractivity contribution in [3.05, 3.63) is 46.5 Å². The Kier molecular flexibility index (Phi) is 3.91. The summed E-state index contributed by atoms with van der Waals surface area (Å²) in [4.78, 5) is 15.2. The Morgan fingerprint density at radius 1 is 1.53 bits per heavy atom. The molecule has 0 fully saturated rings. The minimum absolute atomic E-state index is 0.0133. The van der Waals surface area contributed by atoms with Crippen molar-refractivity contribution >= 4 is 0 Å². The maximum absolute atomic E-state index is 12.5. The summed E-state index contributed by atoms with van der Waals surface area (Å²) < 4.78 is 35.6. The van der Waals surface area contributed by atoms with Gasteiger partial charge in [-0.1, -0.05) is 0 Å². The summed E-state index contributed by atoms with van der Waals surface area (Å²) in [6, 6.07) is 1.06. The zero-order chi connectivity index (χ0) is 13.8. The number of rotatable bonds is 5. The van der Waals surface area contributed by atoms with Crippen LogP contribution in [0.1, 0.15) is 18.1 Å². The molecule has 0 atom stereocenters. The van der Waals surface area contributed by atoms with E-state index in [0.717, 1.165) is 18.5 Å². The summed E-state index contributed by atoms with van der Waals surface area (Å²) in [6.07, 6.45) is 3.34. The van der Waals surface area contributed by atoms with Crippen molar-refractivity contribution < 1.29 is 23.0 Å². The van der Waals surface area contributed by atoms with Crippen molar-refractivity contribution in [3.8, 4) is 5.75 Å². The second kappa shape index (κ2) is 5.61. The lowest BCUT2D eigenvalue weighted by Gasteiger charge is -2.07. The first kappa shape index (κ1) is 13.2. The first-order chi connectivity index (χ1) is 9.11. The minimum Gasteiger partial charge on any atom is -0.479 e. The van der Waals surface area contributed by atoms with Gasteiger partial charge < -0.3 is 14.3 Å². The van der Waals surface area contributed by atoms with Gasteiger partial charge in [0.15, 0.2) is 5.82 Å². The van der Waals surface area contributed by atoms with Gasteiger partial charge in [-0.25, -0.2) is 4.98 Å². The molecule has 0 aromatic carbocycles. The quantitative estimate of drug-likeness (QED) is 0.887. The lowest BCUT2D eigenvalue weighted by Crippen LogP contribution is -2.11. The highest BCUT2D eigenvalue weighted by Crippen LogP contribution is 2.14. The molecule has 0 spiro atoms. The molecule has 1 N–H and O–H groups in total. The molecular formula is C11H10F2N2O4. The van der Waals surface area contributed by atoms with Gasteiger partial charge >= 0.3 is 6.55 Å². The number of aliphatic hydroxyl groups is 1. The van der Waals surface area contributed by atoms with Crippen molar-refractivity contribution in [2.24, 2.45) is 0 Å². The first-order valence-electron chi connectivity index (χ1n) is 5.27. The second-order valence-electron chi connectivity index (χ2n) is 3.55. The third-order valence-electron chi connectivity index (χ3n) is 2.32. The van der Waals surface area contributed by atoms with Crippen molar-refractivity contribution in [1.29, 1.82) is 0 Å². The van der Waals surface area contributed by atoms with Crippen LogP contribution in [-0.4, -0.2) is 14.7 Å². The summed E-state index contributed by atoms with van der Waals surface area (Å²) in [7, 11) is 0. The number of alkyl halides is 2. The first-order valence-corrected chi connectivity index (χ1v) is 5.27. The van der Waals surface area contributed by atoms with Crippen LogP contribution in [0.5, 0.6) is 5.75 Å². The second-order valence-corrected chi connectivity index (χ2v) is 3.55. The van der Waals surface area contributed by atoms with Gasteiger partial charge in [-0.05, 0) is 0 Å². The fourth-order valence-corrected chi connectivity index (χ4v) is 1.40. The lowest BCUT2D eigenvalue weighted by atomic mass is 10.4. The summed E-state index contributed by atoms with van der Waals surface area (Å²) >= 11 is 0. The van der Waals surface area contributed by atoms with Crippen LogP contribution in [0.2, 0.25) is 0 Å². The lowest BCUT2D eigenvalue weighted by molar-refractivity contribution is 0.0631. The fourth-order valence-electron chi connectivity index (χ4n) is 1.40. The SMILES string of the molecule is O=c1cc(CO)occ1OCc1nccn1C(F)F. The van der Waals surface area contributed by atoms with Crippen LogP contribution in [0.3, 0.4) is 0 Å². The Bertz CT molecular complexity index is 609. The molecule has 0 aliphatic rings. The van der Waals surface area contributed by atoms with Crippen LogP contribution in [0, 0.1) is 0 Å². The Balaban J connectivity index is 2.10. The summed E-state index contributed by atoms with van der Waals surface area (Å²) in [5.74, 6) is -0.0620. The van der Waals surface area contributed by atoms with E-state index in [9.17, 15) is 13.6 Å². The molecule has 0 aliphatic heterocycles. The van der Waals surface area contributed by atoms with Crippen molar-refractivity contribution in [2.75, 3.05) is 0 Å². The average molecular weight is 272 g/mol. The van der Waals surface area contributed by atoms with E-state index in [1.165, 1.54) is 6.20 Å². The van der Waals surface area contributed by atoms with Gasteiger partial charge in [-0.15, -0.1) is 0 Å². The number of hydrogen-bond donors (Lipinski definition) is 1. The van der Waals surface area contributed by atoms with Gasteiger partial charge in [0, 0.05) is 18.5 Å². The molecular weight excluding hydrogens is 262 g/mol. The third-order valence-corrected chi connectivity index (χ3v) is 2.32. The van der Waals surface area contributed by atoms with Crippen LogP contribution >= 0.6 is 0 Å². The number of aromatic nitrogens is 2. The highest BCUT2D eigenvalue weighted by Gasteiger charge is 2.12. The van der Waals surface area contributed by atoms with Crippen molar-refractivity contribution in [1.82, 2.24) is 9.55 Å². The van der Waals surface area contributed by atoms with Crippen LogP contribution in [0.4, 0.5) is 8.78 Å². The molecule has 6 nitrogen and oxygen atoms in total. The molecule has 2 heterocycles. The third kappa shape index (κ3) is 2.97. The van der Waals surface area contributed by atoms with Gasteiger partial charge in [-0.3, -0.25) is 9.36 Å². The normalized spacial score (nSPS) is 10.9. The van der Waals surface area contributed by atoms with E-state index in [1.807, 2.05) is 0 Å². The van der Waals surface area contributed by atoms with Crippen LogP contribution in [-0.2, 0) is 13.2 Å². The minimum atomic E-state index is -2.73. The zero-order valence-corrected chi connectivity index (χ0v) is 9.62. The smallest absolute Gasteiger partial charge is 0.320 e. The van der Waals surface area contributed by atoms with Gasteiger partial charge in [0.1, 0.15) is 25.2 Å². The van der Waals surface area contributed by atoms with E-state index in [0.29, 0.717) is 4.57 Å². The summed E-state index contributed by atoms with van der Waals surface area (Å²) in [6.45, 7) is -3.43.